The van der Waals surface area contributed by atoms with Gasteiger partial charge in [-0.2, -0.15) is 0 Å². The molecule has 0 saturated carbocycles. The minimum Gasteiger partial charge on any atom is -0.506 e. The molecule has 1 atom stereocenters. The number of halogens is 1. The molecule has 0 aliphatic carbocycles. The average Bonchev–Trinajstić information content (AvgIpc) is 2.11. The lowest BCUT2D eigenvalue weighted by Gasteiger charge is -2.13. The minimum atomic E-state index is -0.696. The molecule has 0 amide bonds. The monoisotopic (exact) mass is 215 g/mol. The fraction of sp³-hybridized carbons (Fsp3) is 0.400. The van der Waals surface area contributed by atoms with Gasteiger partial charge in [0.1, 0.15) is 5.75 Å². The van der Waals surface area contributed by atoms with Gasteiger partial charge in [-0.3, -0.25) is 0 Å². The first-order valence-electron chi connectivity index (χ1n) is 4.38. The molecule has 0 fully saturated rings. The molecule has 14 heavy (non-hydrogen) atoms. The Labute approximate surface area is 88.3 Å². The van der Waals surface area contributed by atoms with Gasteiger partial charge in [-0.1, -0.05) is 17.7 Å². The number of aliphatic hydroxyl groups excluding tert-OH is 1. The van der Waals surface area contributed by atoms with Gasteiger partial charge >= 0.3 is 0 Å². The number of hydrogen-bond acceptors (Lipinski definition) is 3. The third-order valence-electron chi connectivity index (χ3n) is 1.98. The highest BCUT2D eigenvalue weighted by atomic mass is 35.5. The standard InChI is InChI=1S/C10H14ClNO2/c1-6-3-7(9(14)5-12-2)10(11)8(13)4-6/h3-4,9,12-14H,5H2,1-2H3. The van der Waals surface area contributed by atoms with E-state index in [-0.39, 0.29) is 10.8 Å². The summed E-state index contributed by atoms with van der Waals surface area (Å²) in [5.74, 6) is 0.0109. The van der Waals surface area contributed by atoms with Crippen molar-refractivity contribution in [1.82, 2.24) is 5.32 Å². The van der Waals surface area contributed by atoms with Gasteiger partial charge in [0, 0.05) is 12.1 Å². The van der Waals surface area contributed by atoms with E-state index < -0.39 is 6.10 Å². The summed E-state index contributed by atoms with van der Waals surface area (Å²) in [7, 11) is 1.74. The normalized spacial score (nSPS) is 12.9. The fourth-order valence-corrected chi connectivity index (χ4v) is 1.56. The quantitative estimate of drug-likeness (QED) is 0.718. The molecule has 1 rings (SSSR count). The summed E-state index contributed by atoms with van der Waals surface area (Å²) >= 11 is 5.86. The van der Waals surface area contributed by atoms with Crippen LogP contribution in [0.15, 0.2) is 12.1 Å². The number of benzene rings is 1. The number of phenolic OH excluding ortho intramolecular Hbond substituents is 1. The molecule has 0 spiro atoms. The number of hydrogen-bond donors (Lipinski definition) is 3. The second kappa shape index (κ2) is 4.64. The predicted molar refractivity (Wildman–Crippen MR) is 56.7 cm³/mol. The van der Waals surface area contributed by atoms with Crippen molar-refractivity contribution >= 4 is 11.6 Å². The molecular formula is C10H14ClNO2. The molecule has 0 aliphatic heterocycles. The van der Waals surface area contributed by atoms with E-state index in [2.05, 4.69) is 5.32 Å². The molecule has 4 heteroatoms. The Morgan fingerprint density at radius 2 is 2.14 bits per heavy atom. The van der Waals surface area contributed by atoms with E-state index >= 15 is 0 Å². The Bertz CT molecular complexity index is 328. The van der Waals surface area contributed by atoms with Crippen LogP contribution in [-0.4, -0.2) is 23.8 Å². The van der Waals surface area contributed by atoms with Crippen molar-refractivity contribution in [1.29, 1.82) is 0 Å². The van der Waals surface area contributed by atoms with E-state index in [0.717, 1.165) is 5.56 Å². The van der Waals surface area contributed by atoms with Crippen LogP contribution < -0.4 is 5.32 Å². The van der Waals surface area contributed by atoms with Crippen LogP contribution in [-0.2, 0) is 0 Å². The third kappa shape index (κ3) is 2.38. The lowest BCUT2D eigenvalue weighted by Crippen LogP contribution is -2.17. The van der Waals surface area contributed by atoms with E-state index in [1.165, 1.54) is 0 Å². The Hall–Kier alpha value is -0.770. The van der Waals surface area contributed by atoms with Gasteiger partial charge in [-0.05, 0) is 25.6 Å². The van der Waals surface area contributed by atoms with Crippen molar-refractivity contribution < 1.29 is 10.2 Å². The number of nitrogens with one attached hydrogen (secondary N) is 1. The molecule has 78 valence electrons. The van der Waals surface area contributed by atoms with Crippen LogP contribution in [0.5, 0.6) is 5.75 Å². The van der Waals surface area contributed by atoms with Crippen LogP contribution in [0, 0.1) is 6.92 Å². The van der Waals surface area contributed by atoms with Crippen molar-refractivity contribution in [2.24, 2.45) is 0 Å². The molecule has 0 aliphatic rings. The SMILES string of the molecule is CNCC(O)c1cc(C)cc(O)c1Cl. The van der Waals surface area contributed by atoms with Crippen molar-refractivity contribution in [3.8, 4) is 5.75 Å². The van der Waals surface area contributed by atoms with Crippen molar-refractivity contribution in [2.45, 2.75) is 13.0 Å². The second-order valence-electron chi connectivity index (χ2n) is 3.26. The summed E-state index contributed by atoms with van der Waals surface area (Å²) in [5.41, 5.74) is 1.43. The summed E-state index contributed by atoms with van der Waals surface area (Å²) in [4.78, 5) is 0. The molecule has 0 saturated heterocycles. The van der Waals surface area contributed by atoms with Gasteiger partial charge in [0.2, 0.25) is 0 Å². The Balaban J connectivity index is 3.07. The molecule has 0 aromatic heterocycles. The minimum absolute atomic E-state index is 0.0109. The van der Waals surface area contributed by atoms with E-state index in [1.54, 1.807) is 19.2 Å². The van der Waals surface area contributed by atoms with Gasteiger partial charge in [0.15, 0.2) is 0 Å². The highest BCUT2D eigenvalue weighted by Crippen LogP contribution is 2.32. The molecule has 0 heterocycles. The summed E-state index contributed by atoms with van der Waals surface area (Å²) < 4.78 is 0. The maximum absolute atomic E-state index is 9.69. The molecule has 0 radical (unpaired) electrons. The molecule has 3 nitrogen and oxygen atoms in total. The average molecular weight is 216 g/mol. The number of rotatable bonds is 3. The number of aromatic hydroxyl groups is 1. The van der Waals surface area contributed by atoms with Crippen LogP contribution in [0.25, 0.3) is 0 Å². The number of aryl methyl sites for hydroxylation is 1. The van der Waals surface area contributed by atoms with Crippen LogP contribution in [0.3, 0.4) is 0 Å². The molecular weight excluding hydrogens is 202 g/mol. The van der Waals surface area contributed by atoms with Gasteiger partial charge in [-0.25, -0.2) is 0 Å². The predicted octanol–water partition coefficient (Wildman–Crippen LogP) is 1.61. The lowest BCUT2D eigenvalue weighted by atomic mass is 10.1. The molecule has 0 bridgehead atoms. The third-order valence-corrected chi connectivity index (χ3v) is 2.39. The van der Waals surface area contributed by atoms with Gasteiger partial charge < -0.3 is 15.5 Å². The van der Waals surface area contributed by atoms with Gasteiger partial charge in [0.25, 0.3) is 0 Å². The zero-order valence-corrected chi connectivity index (χ0v) is 8.97. The summed E-state index contributed by atoms with van der Waals surface area (Å²) in [6, 6.07) is 3.34. The summed E-state index contributed by atoms with van der Waals surface area (Å²) in [6.45, 7) is 2.24. The molecule has 3 N–H and O–H groups in total. The summed E-state index contributed by atoms with van der Waals surface area (Å²) in [5, 5.41) is 22.2. The van der Waals surface area contributed by atoms with Gasteiger partial charge in [-0.15, -0.1) is 0 Å². The maximum Gasteiger partial charge on any atom is 0.134 e. The molecule has 1 aromatic rings. The summed E-state index contributed by atoms with van der Waals surface area (Å²) in [6.07, 6.45) is -0.696. The first-order chi connectivity index (χ1) is 6.56. The Kier molecular flexibility index (Phi) is 3.75. The topological polar surface area (TPSA) is 52.5 Å². The largest absolute Gasteiger partial charge is 0.506 e. The second-order valence-corrected chi connectivity index (χ2v) is 3.64. The number of aliphatic hydroxyl groups is 1. The fourth-order valence-electron chi connectivity index (χ4n) is 1.32. The van der Waals surface area contributed by atoms with Crippen LogP contribution in [0.1, 0.15) is 17.2 Å². The number of phenols is 1. The smallest absolute Gasteiger partial charge is 0.134 e. The van der Waals surface area contributed by atoms with E-state index in [9.17, 15) is 10.2 Å². The first-order valence-corrected chi connectivity index (χ1v) is 4.75. The Morgan fingerprint density at radius 1 is 1.50 bits per heavy atom. The van der Waals surface area contributed by atoms with E-state index in [4.69, 9.17) is 11.6 Å². The highest BCUT2D eigenvalue weighted by molar-refractivity contribution is 6.32. The Morgan fingerprint density at radius 3 is 2.71 bits per heavy atom. The number of likely N-dealkylation sites (N-methyl/N-ethyl adjacent to an activating group) is 1. The lowest BCUT2D eigenvalue weighted by molar-refractivity contribution is 0.177. The maximum atomic E-state index is 9.69. The zero-order valence-electron chi connectivity index (χ0n) is 8.21. The van der Waals surface area contributed by atoms with E-state index in [1.807, 2.05) is 6.92 Å². The van der Waals surface area contributed by atoms with Crippen LogP contribution >= 0.6 is 11.6 Å². The van der Waals surface area contributed by atoms with Crippen molar-refractivity contribution in [2.75, 3.05) is 13.6 Å². The van der Waals surface area contributed by atoms with E-state index in [0.29, 0.717) is 12.1 Å². The zero-order chi connectivity index (χ0) is 10.7. The highest BCUT2D eigenvalue weighted by Gasteiger charge is 2.14. The van der Waals surface area contributed by atoms with Crippen molar-refractivity contribution in [3.63, 3.8) is 0 Å². The van der Waals surface area contributed by atoms with Crippen LogP contribution in [0.4, 0.5) is 0 Å². The first kappa shape index (κ1) is 11.3. The molecule has 1 unspecified atom stereocenters. The molecule has 1 aromatic carbocycles. The van der Waals surface area contributed by atoms with Crippen molar-refractivity contribution in [3.05, 3.63) is 28.3 Å². The van der Waals surface area contributed by atoms with Gasteiger partial charge in [0.05, 0.1) is 11.1 Å². The van der Waals surface area contributed by atoms with Crippen LogP contribution in [0.2, 0.25) is 5.02 Å².